The number of rotatable bonds is 4. The second-order valence-corrected chi connectivity index (χ2v) is 6.71. The number of carbonyl (C=O) groups excluding carboxylic acids is 1. The lowest BCUT2D eigenvalue weighted by molar-refractivity contribution is -0.878. The summed E-state index contributed by atoms with van der Waals surface area (Å²) in [7, 11) is 6.32. The molecule has 6 heteroatoms. The number of ether oxygens (including phenoxy) is 3. The second kappa shape index (κ2) is 6.52. The lowest BCUT2D eigenvalue weighted by Gasteiger charge is -2.45. The molecule has 114 valence electrons. The summed E-state index contributed by atoms with van der Waals surface area (Å²) in [4.78, 5) is 11.0. The minimum atomic E-state index is -0.551. The Morgan fingerprint density at radius 1 is 1.21 bits per heavy atom. The molecule has 0 N–H and O–H groups in total. The maximum Gasteiger partial charge on any atom is 0.302 e. The molecular formula is C13H26BrNO4. The average molecular weight is 340 g/mol. The normalized spacial score (nSPS) is 21.4. The Morgan fingerprint density at radius 3 is 2.05 bits per heavy atom. The third-order valence-electron chi connectivity index (χ3n) is 2.84. The van der Waals surface area contributed by atoms with Gasteiger partial charge in [0.15, 0.2) is 5.79 Å². The van der Waals surface area contributed by atoms with Gasteiger partial charge in [-0.3, -0.25) is 4.79 Å². The van der Waals surface area contributed by atoms with Gasteiger partial charge in [0, 0.05) is 6.92 Å². The standard InChI is InChI=1S/C13H26NO4.BrH/c1-11(15)16-8-13(7-14(4,5)6)9-17-12(2,3)18-10-13;/h7-10H2,1-6H3;1H/q+1;/p-1. The van der Waals surface area contributed by atoms with E-state index in [1.165, 1.54) is 6.92 Å². The molecule has 1 aliphatic heterocycles. The molecular weight excluding hydrogens is 314 g/mol. The number of esters is 1. The van der Waals surface area contributed by atoms with Gasteiger partial charge in [0.25, 0.3) is 0 Å². The molecule has 1 heterocycles. The topological polar surface area (TPSA) is 44.8 Å². The monoisotopic (exact) mass is 339 g/mol. The molecule has 1 rings (SSSR count). The summed E-state index contributed by atoms with van der Waals surface area (Å²) >= 11 is 0. The van der Waals surface area contributed by atoms with Gasteiger partial charge in [0.2, 0.25) is 0 Å². The number of halogens is 1. The van der Waals surface area contributed by atoms with E-state index in [1.54, 1.807) is 0 Å². The van der Waals surface area contributed by atoms with Crippen molar-refractivity contribution in [3.63, 3.8) is 0 Å². The predicted molar refractivity (Wildman–Crippen MR) is 67.9 cm³/mol. The van der Waals surface area contributed by atoms with E-state index in [0.29, 0.717) is 19.8 Å². The quantitative estimate of drug-likeness (QED) is 0.440. The van der Waals surface area contributed by atoms with Crippen LogP contribution in [0.2, 0.25) is 0 Å². The fourth-order valence-electron chi connectivity index (χ4n) is 2.22. The first kappa shape index (κ1) is 18.8. The summed E-state index contributed by atoms with van der Waals surface area (Å²) in [5, 5.41) is 0. The highest BCUT2D eigenvalue weighted by Gasteiger charge is 2.44. The van der Waals surface area contributed by atoms with E-state index >= 15 is 0 Å². The zero-order valence-electron chi connectivity index (χ0n) is 12.8. The van der Waals surface area contributed by atoms with Gasteiger partial charge in [-0.2, -0.15) is 0 Å². The largest absolute Gasteiger partial charge is 1.00 e. The van der Waals surface area contributed by atoms with Crippen molar-refractivity contribution in [2.75, 3.05) is 47.5 Å². The highest BCUT2D eigenvalue weighted by molar-refractivity contribution is 5.65. The first-order valence-corrected chi connectivity index (χ1v) is 6.25. The van der Waals surface area contributed by atoms with Gasteiger partial charge in [0.1, 0.15) is 12.0 Å². The molecule has 0 saturated carbocycles. The van der Waals surface area contributed by atoms with E-state index in [2.05, 4.69) is 21.1 Å². The molecule has 0 atom stereocenters. The Morgan fingerprint density at radius 2 is 1.68 bits per heavy atom. The summed E-state index contributed by atoms with van der Waals surface area (Å²) < 4.78 is 17.4. The van der Waals surface area contributed by atoms with E-state index in [-0.39, 0.29) is 28.4 Å². The number of hydrogen-bond donors (Lipinski definition) is 0. The van der Waals surface area contributed by atoms with Crippen LogP contribution in [0.4, 0.5) is 0 Å². The van der Waals surface area contributed by atoms with E-state index in [0.717, 1.165) is 11.0 Å². The third-order valence-corrected chi connectivity index (χ3v) is 2.84. The van der Waals surface area contributed by atoms with Gasteiger partial charge in [-0.25, -0.2) is 0 Å². The molecule has 0 aliphatic carbocycles. The lowest BCUT2D eigenvalue weighted by atomic mass is 9.88. The van der Waals surface area contributed by atoms with Crippen LogP contribution in [-0.4, -0.2) is 63.7 Å². The molecule has 0 aromatic rings. The van der Waals surface area contributed by atoms with E-state index < -0.39 is 5.79 Å². The molecule has 0 aromatic carbocycles. The molecule has 0 bridgehead atoms. The fourth-order valence-corrected chi connectivity index (χ4v) is 2.22. The van der Waals surface area contributed by atoms with Crippen LogP contribution in [0.5, 0.6) is 0 Å². The lowest BCUT2D eigenvalue weighted by Crippen LogP contribution is -3.00. The molecule has 5 nitrogen and oxygen atoms in total. The van der Waals surface area contributed by atoms with Crippen molar-refractivity contribution >= 4 is 5.97 Å². The smallest absolute Gasteiger partial charge is 0.302 e. The summed E-state index contributed by atoms with van der Waals surface area (Å²) in [5.74, 6) is -0.814. The molecule has 19 heavy (non-hydrogen) atoms. The van der Waals surface area contributed by atoms with Crippen molar-refractivity contribution in [2.24, 2.45) is 5.41 Å². The number of quaternary nitrogens is 1. The van der Waals surface area contributed by atoms with E-state index in [9.17, 15) is 4.79 Å². The first-order chi connectivity index (χ1) is 8.04. The average Bonchev–Trinajstić information content (AvgIpc) is 2.18. The van der Waals surface area contributed by atoms with Crippen LogP contribution in [0.3, 0.4) is 0 Å². The Bertz CT molecular complexity index is 302. The molecule has 0 aromatic heterocycles. The molecule has 0 radical (unpaired) electrons. The van der Waals surface area contributed by atoms with Crippen molar-refractivity contribution in [1.82, 2.24) is 0 Å². The van der Waals surface area contributed by atoms with Crippen LogP contribution >= 0.6 is 0 Å². The second-order valence-electron chi connectivity index (χ2n) is 6.71. The molecule has 1 fully saturated rings. The number of hydrogen-bond acceptors (Lipinski definition) is 4. The van der Waals surface area contributed by atoms with Crippen LogP contribution in [0.1, 0.15) is 20.8 Å². The van der Waals surface area contributed by atoms with Crippen molar-refractivity contribution < 1.29 is 40.5 Å². The highest BCUT2D eigenvalue weighted by atomic mass is 79.9. The fraction of sp³-hybridized carbons (Fsp3) is 0.923. The highest BCUT2D eigenvalue weighted by Crippen LogP contribution is 2.31. The number of nitrogens with zero attached hydrogens (tertiary/aromatic N) is 1. The van der Waals surface area contributed by atoms with Crippen LogP contribution < -0.4 is 17.0 Å². The van der Waals surface area contributed by atoms with Gasteiger partial charge in [0.05, 0.1) is 40.9 Å². The van der Waals surface area contributed by atoms with Gasteiger partial charge in [-0.05, 0) is 13.8 Å². The summed E-state index contributed by atoms with van der Waals surface area (Å²) in [6.45, 7) is 7.48. The zero-order valence-corrected chi connectivity index (χ0v) is 14.4. The van der Waals surface area contributed by atoms with Gasteiger partial charge < -0.3 is 35.7 Å². The Hall–Kier alpha value is -0.170. The van der Waals surface area contributed by atoms with E-state index in [4.69, 9.17) is 14.2 Å². The van der Waals surface area contributed by atoms with Crippen molar-refractivity contribution in [2.45, 2.75) is 26.6 Å². The maximum atomic E-state index is 11.0. The van der Waals surface area contributed by atoms with Gasteiger partial charge in [-0.15, -0.1) is 0 Å². The minimum Gasteiger partial charge on any atom is -1.00 e. The van der Waals surface area contributed by atoms with Crippen LogP contribution in [0.25, 0.3) is 0 Å². The molecule has 0 spiro atoms. The van der Waals surface area contributed by atoms with Gasteiger partial charge in [-0.1, -0.05) is 0 Å². The Labute approximate surface area is 126 Å². The molecule has 0 amide bonds. The third kappa shape index (κ3) is 6.70. The van der Waals surface area contributed by atoms with Gasteiger partial charge >= 0.3 is 5.97 Å². The Balaban J connectivity index is 0.00000324. The summed E-state index contributed by atoms with van der Waals surface area (Å²) in [6, 6.07) is 0. The number of carbonyl (C=O) groups is 1. The summed E-state index contributed by atoms with van der Waals surface area (Å²) in [5.41, 5.74) is -0.264. The van der Waals surface area contributed by atoms with Crippen molar-refractivity contribution in [3.8, 4) is 0 Å². The zero-order chi connectivity index (χ0) is 14.0. The van der Waals surface area contributed by atoms with E-state index in [1.807, 2.05) is 13.8 Å². The van der Waals surface area contributed by atoms with Crippen LogP contribution in [0, 0.1) is 5.41 Å². The maximum absolute atomic E-state index is 11.0. The van der Waals surface area contributed by atoms with Crippen LogP contribution in [-0.2, 0) is 19.0 Å². The summed E-state index contributed by atoms with van der Waals surface area (Å²) in [6.07, 6.45) is 0. The van der Waals surface area contributed by atoms with Crippen molar-refractivity contribution in [1.29, 1.82) is 0 Å². The SMILES string of the molecule is CC(=O)OCC1(C[N+](C)(C)C)COC(C)(C)OC1.[Br-]. The predicted octanol–water partition coefficient (Wildman–Crippen LogP) is -1.97. The molecule has 1 aliphatic rings. The minimum absolute atomic E-state index is 0. The first-order valence-electron chi connectivity index (χ1n) is 6.25. The Kier molecular flexibility index (Phi) is 6.46. The molecule has 0 unspecified atom stereocenters. The molecule has 1 saturated heterocycles. The van der Waals surface area contributed by atoms with Crippen molar-refractivity contribution in [3.05, 3.63) is 0 Å². The van der Waals surface area contributed by atoms with Crippen LogP contribution in [0.15, 0.2) is 0 Å².